The van der Waals surface area contributed by atoms with Crippen LogP contribution >= 0.6 is 0 Å². The average molecular weight is 263 g/mol. The molecule has 4 nitrogen and oxygen atoms in total. The van der Waals surface area contributed by atoms with Crippen LogP contribution in [0.25, 0.3) is 0 Å². The molecule has 3 aliphatic rings. The van der Waals surface area contributed by atoms with Gasteiger partial charge in [0.15, 0.2) is 0 Å². The zero-order valence-corrected chi connectivity index (χ0v) is 11.4. The van der Waals surface area contributed by atoms with Gasteiger partial charge in [-0.2, -0.15) is 0 Å². The first-order chi connectivity index (χ1) is 9.20. The predicted octanol–water partition coefficient (Wildman–Crippen LogP) is 1.75. The Morgan fingerprint density at radius 1 is 1.21 bits per heavy atom. The molecule has 19 heavy (non-hydrogen) atoms. The Kier molecular flexibility index (Phi) is 3.33. The predicted molar refractivity (Wildman–Crippen MR) is 70.2 cm³/mol. The summed E-state index contributed by atoms with van der Waals surface area (Å²) in [7, 11) is 1.40. The van der Waals surface area contributed by atoms with Gasteiger partial charge in [-0.05, 0) is 43.9 Å². The lowest BCUT2D eigenvalue weighted by Gasteiger charge is -2.36. The van der Waals surface area contributed by atoms with Gasteiger partial charge < -0.3 is 9.64 Å². The zero-order chi connectivity index (χ0) is 13.4. The van der Waals surface area contributed by atoms with Gasteiger partial charge in [-0.15, -0.1) is 0 Å². The summed E-state index contributed by atoms with van der Waals surface area (Å²) in [5, 5.41) is 0. The molecule has 0 aromatic rings. The number of hydrogen-bond donors (Lipinski definition) is 0. The molecule has 1 heterocycles. The molecule has 4 heteroatoms. The number of piperidine rings is 1. The molecule has 0 N–H and O–H groups in total. The number of likely N-dealkylation sites (tertiary alicyclic amines) is 1. The Labute approximate surface area is 113 Å². The van der Waals surface area contributed by atoms with Crippen molar-refractivity contribution in [2.45, 2.75) is 38.1 Å². The van der Waals surface area contributed by atoms with Gasteiger partial charge in [0.1, 0.15) is 6.04 Å². The summed E-state index contributed by atoms with van der Waals surface area (Å²) in [6.07, 6.45) is 9.25. The number of carbonyl (C=O) groups is 2. The van der Waals surface area contributed by atoms with E-state index in [1.54, 1.807) is 4.90 Å². The molecule has 104 valence electrons. The lowest BCUT2D eigenvalue weighted by atomic mass is 9.90. The van der Waals surface area contributed by atoms with Gasteiger partial charge in [-0.3, -0.25) is 4.79 Å². The lowest BCUT2D eigenvalue weighted by molar-refractivity contribution is -0.156. The maximum atomic E-state index is 12.7. The van der Waals surface area contributed by atoms with Gasteiger partial charge in [0.25, 0.3) is 0 Å². The summed E-state index contributed by atoms with van der Waals surface area (Å²) in [6, 6.07) is -0.352. The molecule has 2 bridgehead atoms. The van der Waals surface area contributed by atoms with E-state index >= 15 is 0 Å². The van der Waals surface area contributed by atoms with Gasteiger partial charge >= 0.3 is 5.97 Å². The highest BCUT2D eigenvalue weighted by Gasteiger charge is 2.44. The van der Waals surface area contributed by atoms with Crippen LogP contribution in [0.5, 0.6) is 0 Å². The molecular formula is C15H21NO3. The summed E-state index contributed by atoms with van der Waals surface area (Å²) < 4.78 is 4.85. The number of carbonyl (C=O) groups excluding carboxylic acids is 2. The van der Waals surface area contributed by atoms with Gasteiger partial charge in [-0.25, -0.2) is 4.79 Å². The van der Waals surface area contributed by atoms with Crippen molar-refractivity contribution in [2.75, 3.05) is 13.7 Å². The number of methoxy groups -OCH3 is 1. The van der Waals surface area contributed by atoms with Gasteiger partial charge in [0.2, 0.25) is 5.91 Å². The van der Waals surface area contributed by atoms with Crippen molar-refractivity contribution >= 4 is 11.9 Å². The van der Waals surface area contributed by atoms with Crippen molar-refractivity contribution < 1.29 is 14.3 Å². The van der Waals surface area contributed by atoms with Crippen molar-refractivity contribution in [1.82, 2.24) is 4.90 Å². The number of esters is 1. The van der Waals surface area contributed by atoms with E-state index in [-0.39, 0.29) is 23.8 Å². The highest BCUT2D eigenvalue weighted by atomic mass is 16.5. The molecule has 4 atom stereocenters. The molecule has 2 aliphatic carbocycles. The second kappa shape index (κ2) is 4.99. The molecule has 0 aromatic heterocycles. The molecule has 1 saturated heterocycles. The summed E-state index contributed by atoms with van der Waals surface area (Å²) in [5.74, 6) is 0.997. The fourth-order valence-corrected chi connectivity index (χ4v) is 3.85. The number of rotatable bonds is 2. The fourth-order valence-electron chi connectivity index (χ4n) is 3.85. The van der Waals surface area contributed by atoms with Crippen LogP contribution in [0.15, 0.2) is 12.2 Å². The third-order valence-corrected chi connectivity index (χ3v) is 4.86. The number of ether oxygens (including phenoxy) is 1. The number of amides is 1. The highest BCUT2D eigenvalue weighted by Crippen LogP contribution is 2.44. The van der Waals surface area contributed by atoms with E-state index in [0.717, 1.165) is 32.1 Å². The van der Waals surface area contributed by atoms with E-state index in [1.807, 2.05) is 0 Å². The maximum Gasteiger partial charge on any atom is 0.328 e. The minimum Gasteiger partial charge on any atom is -0.467 e. The standard InChI is InChI=1S/C15H21NO3/c1-19-15(18)13-4-2-3-7-16(13)14(17)12-9-10-5-6-11(12)8-10/h5-6,10-13H,2-4,7-9H2,1H3. The van der Waals surface area contributed by atoms with Crippen LogP contribution in [-0.2, 0) is 14.3 Å². The Hall–Kier alpha value is -1.32. The molecule has 0 radical (unpaired) electrons. The van der Waals surface area contributed by atoms with Crippen LogP contribution in [0.1, 0.15) is 32.1 Å². The molecule has 1 saturated carbocycles. The Balaban J connectivity index is 1.73. The van der Waals surface area contributed by atoms with Crippen LogP contribution in [-0.4, -0.2) is 36.5 Å². The third-order valence-electron chi connectivity index (χ3n) is 4.86. The fraction of sp³-hybridized carbons (Fsp3) is 0.733. The van der Waals surface area contributed by atoms with Crippen molar-refractivity contribution in [2.24, 2.45) is 17.8 Å². The Morgan fingerprint density at radius 2 is 2.05 bits per heavy atom. The van der Waals surface area contributed by atoms with Crippen molar-refractivity contribution in [3.05, 3.63) is 12.2 Å². The number of nitrogens with zero attached hydrogens (tertiary/aromatic N) is 1. The summed E-state index contributed by atoms with van der Waals surface area (Å²) in [6.45, 7) is 0.705. The van der Waals surface area contributed by atoms with E-state index in [2.05, 4.69) is 12.2 Å². The Bertz CT molecular complexity index is 418. The SMILES string of the molecule is COC(=O)C1CCCCN1C(=O)C1CC2C=CC1C2. The first-order valence-electron chi connectivity index (χ1n) is 7.27. The summed E-state index contributed by atoms with van der Waals surface area (Å²) in [4.78, 5) is 26.3. The minimum absolute atomic E-state index is 0.0975. The monoisotopic (exact) mass is 263 g/mol. The minimum atomic E-state index is -0.352. The molecule has 1 aliphatic heterocycles. The van der Waals surface area contributed by atoms with Crippen LogP contribution in [0.3, 0.4) is 0 Å². The number of fused-ring (bicyclic) bond motifs is 2. The van der Waals surface area contributed by atoms with E-state index in [0.29, 0.717) is 18.4 Å². The van der Waals surface area contributed by atoms with Gasteiger partial charge in [-0.1, -0.05) is 12.2 Å². The normalized spacial score (nSPS) is 36.6. The molecule has 0 spiro atoms. The number of allylic oxidation sites excluding steroid dienone is 2. The first kappa shape index (κ1) is 12.7. The molecule has 1 amide bonds. The van der Waals surface area contributed by atoms with Crippen molar-refractivity contribution in [3.63, 3.8) is 0 Å². The van der Waals surface area contributed by atoms with E-state index in [9.17, 15) is 9.59 Å². The van der Waals surface area contributed by atoms with Gasteiger partial charge in [0, 0.05) is 12.5 Å². The first-order valence-corrected chi connectivity index (χ1v) is 7.27. The topological polar surface area (TPSA) is 46.6 Å². The second-order valence-corrected chi connectivity index (χ2v) is 5.95. The highest BCUT2D eigenvalue weighted by molar-refractivity contribution is 5.86. The average Bonchev–Trinajstić information content (AvgIpc) is 3.08. The summed E-state index contributed by atoms with van der Waals surface area (Å²) >= 11 is 0. The third kappa shape index (κ3) is 2.17. The van der Waals surface area contributed by atoms with E-state index in [4.69, 9.17) is 4.74 Å². The molecule has 4 unspecified atom stereocenters. The van der Waals surface area contributed by atoms with Gasteiger partial charge in [0.05, 0.1) is 7.11 Å². The van der Waals surface area contributed by atoms with Crippen molar-refractivity contribution in [1.29, 1.82) is 0 Å². The Morgan fingerprint density at radius 3 is 2.68 bits per heavy atom. The quantitative estimate of drug-likeness (QED) is 0.563. The molecular weight excluding hydrogens is 242 g/mol. The van der Waals surface area contributed by atoms with E-state index < -0.39 is 0 Å². The largest absolute Gasteiger partial charge is 0.467 e. The van der Waals surface area contributed by atoms with Crippen LogP contribution < -0.4 is 0 Å². The molecule has 3 rings (SSSR count). The summed E-state index contributed by atoms with van der Waals surface area (Å²) in [5.41, 5.74) is 0. The molecule has 0 aromatic carbocycles. The van der Waals surface area contributed by atoms with Crippen LogP contribution in [0.4, 0.5) is 0 Å². The zero-order valence-electron chi connectivity index (χ0n) is 11.4. The maximum absolute atomic E-state index is 12.7. The lowest BCUT2D eigenvalue weighted by Crippen LogP contribution is -2.51. The van der Waals surface area contributed by atoms with E-state index in [1.165, 1.54) is 7.11 Å². The smallest absolute Gasteiger partial charge is 0.328 e. The molecule has 2 fully saturated rings. The number of hydrogen-bond acceptors (Lipinski definition) is 3. The second-order valence-electron chi connectivity index (χ2n) is 5.95. The van der Waals surface area contributed by atoms with Crippen LogP contribution in [0.2, 0.25) is 0 Å². The van der Waals surface area contributed by atoms with Crippen LogP contribution in [0, 0.1) is 17.8 Å². The van der Waals surface area contributed by atoms with Crippen molar-refractivity contribution in [3.8, 4) is 0 Å².